The van der Waals surface area contributed by atoms with Crippen LogP contribution in [0.4, 0.5) is 5.69 Å². The lowest BCUT2D eigenvalue weighted by Gasteiger charge is -2.11. The molecular formula is C17H19Cl2NO. The lowest BCUT2D eigenvalue weighted by molar-refractivity contribution is 0.271. The molecule has 0 aromatic heterocycles. The van der Waals surface area contributed by atoms with Crippen LogP contribution in [0.1, 0.15) is 19.4 Å². The average Bonchev–Trinajstić information content (AvgIpc) is 2.47. The van der Waals surface area contributed by atoms with Crippen LogP contribution in [0, 0.1) is 5.92 Å². The maximum absolute atomic E-state index is 6.01. The van der Waals surface area contributed by atoms with Crippen LogP contribution in [0.3, 0.4) is 0 Å². The van der Waals surface area contributed by atoms with Gasteiger partial charge in [0.2, 0.25) is 0 Å². The molecule has 0 atom stereocenters. The quantitative estimate of drug-likeness (QED) is 0.742. The molecule has 0 amide bonds. The number of anilines is 1. The first-order valence-electron chi connectivity index (χ1n) is 6.95. The third kappa shape index (κ3) is 5.14. The fourth-order valence-corrected chi connectivity index (χ4v) is 2.13. The molecule has 0 heterocycles. The first-order valence-corrected chi connectivity index (χ1v) is 7.71. The fourth-order valence-electron chi connectivity index (χ4n) is 1.81. The van der Waals surface area contributed by atoms with E-state index in [0.717, 1.165) is 23.6 Å². The van der Waals surface area contributed by atoms with Gasteiger partial charge in [-0.15, -0.1) is 0 Å². The highest BCUT2D eigenvalue weighted by molar-refractivity contribution is 6.42. The molecule has 0 bridgehead atoms. The average molecular weight is 324 g/mol. The molecule has 2 nitrogen and oxygen atoms in total. The molecule has 0 fully saturated rings. The summed E-state index contributed by atoms with van der Waals surface area (Å²) in [7, 11) is 0. The number of nitrogens with one attached hydrogen (secondary N) is 1. The van der Waals surface area contributed by atoms with E-state index in [4.69, 9.17) is 27.9 Å². The lowest BCUT2D eigenvalue weighted by Crippen LogP contribution is -2.05. The Balaban J connectivity index is 1.96. The molecule has 0 spiro atoms. The maximum Gasteiger partial charge on any atom is 0.121 e. The van der Waals surface area contributed by atoms with Crippen molar-refractivity contribution in [2.45, 2.75) is 20.4 Å². The molecule has 2 rings (SSSR count). The van der Waals surface area contributed by atoms with Crippen LogP contribution in [-0.4, -0.2) is 6.61 Å². The summed E-state index contributed by atoms with van der Waals surface area (Å²) in [5.74, 6) is 1.39. The van der Waals surface area contributed by atoms with E-state index in [9.17, 15) is 0 Å². The molecule has 0 aliphatic heterocycles. The number of halogens is 2. The lowest BCUT2D eigenvalue weighted by atomic mass is 10.2. The monoisotopic (exact) mass is 323 g/mol. The van der Waals surface area contributed by atoms with Crippen molar-refractivity contribution in [3.63, 3.8) is 0 Å². The van der Waals surface area contributed by atoms with Gasteiger partial charge in [0.25, 0.3) is 0 Å². The van der Waals surface area contributed by atoms with Gasteiger partial charge in [0.15, 0.2) is 0 Å². The normalized spacial score (nSPS) is 10.7. The summed E-state index contributed by atoms with van der Waals surface area (Å²) in [5.41, 5.74) is 2.10. The summed E-state index contributed by atoms with van der Waals surface area (Å²) in [5, 5.41) is 4.50. The molecule has 2 aromatic carbocycles. The summed E-state index contributed by atoms with van der Waals surface area (Å²) in [4.78, 5) is 0. The van der Waals surface area contributed by atoms with Crippen molar-refractivity contribution in [2.24, 2.45) is 5.92 Å². The van der Waals surface area contributed by atoms with E-state index in [-0.39, 0.29) is 0 Å². The van der Waals surface area contributed by atoms with Crippen LogP contribution >= 0.6 is 23.2 Å². The topological polar surface area (TPSA) is 21.3 Å². The zero-order chi connectivity index (χ0) is 15.2. The molecule has 2 aromatic rings. The van der Waals surface area contributed by atoms with Gasteiger partial charge < -0.3 is 10.1 Å². The van der Waals surface area contributed by atoms with E-state index in [0.29, 0.717) is 22.5 Å². The number of ether oxygens (including phenoxy) is 1. The Morgan fingerprint density at radius 1 is 1.05 bits per heavy atom. The molecule has 0 aliphatic carbocycles. The van der Waals surface area contributed by atoms with Crippen LogP contribution in [0.5, 0.6) is 5.75 Å². The van der Waals surface area contributed by atoms with E-state index in [2.05, 4.69) is 19.2 Å². The summed E-state index contributed by atoms with van der Waals surface area (Å²) in [6.07, 6.45) is 0. The second-order valence-corrected chi connectivity index (χ2v) is 6.15. The highest BCUT2D eigenvalue weighted by Gasteiger charge is 2.01. The van der Waals surface area contributed by atoms with Crippen molar-refractivity contribution in [3.8, 4) is 5.75 Å². The highest BCUT2D eigenvalue weighted by atomic mass is 35.5. The van der Waals surface area contributed by atoms with Gasteiger partial charge in [-0.3, -0.25) is 0 Å². The van der Waals surface area contributed by atoms with Crippen molar-refractivity contribution in [1.82, 2.24) is 0 Å². The van der Waals surface area contributed by atoms with Crippen molar-refractivity contribution in [1.29, 1.82) is 0 Å². The minimum absolute atomic E-state index is 0.512. The number of benzene rings is 2. The standard InChI is InChI=1S/C17H19Cl2NO/c1-12(2)11-21-15-5-3-4-14(9-15)20-10-13-6-7-16(18)17(19)8-13/h3-9,12,20H,10-11H2,1-2H3. The molecular weight excluding hydrogens is 305 g/mol. The van der Waals surface area contributed by atoms with E-state index in [1.54, 1.807) is 0 Å². The zero-order valence-corrected chi connectivity index (χ0v) is 13.7. The van der Waals surface area contributed by atoms with Gasteiger partial charge in [-0.25, -0.2) is 0 Å². The Kier molecular flexibility index (Phi) is 5.77. The second-order valence-electron chi connectivity index (χ2n) is 5.33. The van der Waals surface area contributed by atoms with Gasteiger partial charge in [0.05, 0.1) is 16.7 Å². The van der Waals surface area contributed by atoms with Gasteiger partial charge in [-0.2, -0.15) is 0 Å². The number of hydrogen-bond acceptors (Lipinski definition) is 2. The summed E-state index contributed by atoms with van der Waals surface area (Å²) >= 11 is 11.9. The van der Waals surface area contributed by atoms with Crippen LogP contribution in [-0.2, 0) is 6.54 Å². The molecule has 21 heavy (non-hydrogen) atoms. The largest absolute Gasteiger partial charge is 0.493 e. The van der Waals surface area contributed by atoms with Gasteiger partial charge in [-0.05, 0) is 35.7 Å². The minimum Gasteiger partial charge on any atom is -0.493 e. The summed E-state index contributed by atoms with van der Waals surface area (Å²) in [6.45, 7) is 5.67. The van der Waals surface area contributed by atoms with Gasteiger partial charge >= 0.3 is 0 Å². The smallest absolute Gasteiger partial charge is 0.121 e. The molecule has 0 saturated heterocycles. The molecule has 4 heteroatoms. The number of rotatable bonds is 6. The minimum atomic E-state index is 0.512. The van der Waals surface area contributed by atoms with Crippen molar-refractivity contribution in [3.05, 3.63) is 58.1 Å². The molecule has 112 valence electrons. The van der Waals surface area contributed by atoms with Crippen LogP contribution in [0.15, 0.2) is 42.5 Å². The Bertz CT molecular complexity index is 599. The third-order valence-electron chi connectivity index (χ3n) is 2.90. The molecule has 0 unspecified atom stereocenters. The zero-order valence-electron chi connectivity index (χ0n) is 12.2. The fraction of sp³-hybridized carbons (Fsp3) is 0.294. The first-order chi connectivity index (χ1) is 10.0. The van der Waals surface area contributed by atoms with Crippen molar-refractivity contribution >= 4 is 28.9 Å². The van der Waals surface area contributed by atoms with E-state index >= 15 is 0 Å². The van der Waals surface area contributed by atoms with Crippen LogP contribution in [0.2, 0.25) is 10.0 Å². The Labute approximate surface area is 136 Å². The van der Waals surface area contributed by atoms with Gasteiger partial charge in [-0.1, -0.05) is 49.2 Å². The Hall–Kier alpha value is -1.38. The maximum atomic E-state index is 6.01. The third-order valence-corrected chi connectivity index (χ3v) is 3.64. The first kappa shape index (κ1) is 16.0. The predicted octanol–water partition coefficient (Wildman–Crippen LogP) is 5.64. The van der Waals surface area contributed by atoms with Gasteiger partial charge in [0.1, 0.15) is 5.75 Å². The summed E-state index contributed by atoms with van der Waals surface area (Å²) in [6, 6.07) is 13.6. The van der Waals surface area contributed by atoms with Crippen LogP contribution in [0.25, 0.3) is 0 Å². The SMILES string of the molecule is CC(C)COc1cccc(NCc2ccc(Cl)c(Cl)c2)c1. The molecule has 1 N–H and O–H groups in total. The Morgan fingerprint density at radius 3 is 2.57 bits per heavy atom. The van der Waals surface area contributed by atoms with E-state index in [1.807, 2.05) is 42.5 Å². The highest BCUT2D eigenvalue weighted by Crippen LogP contribution is 2.23. The van der Waals surface area contributed by atoms with E-state index < -0.39 is 0 Å². The molecule has 0 saturated carbocycles. The van der Waals surface area contributed by atoms with Crippen LogP contribution < -0.4 is 10.1 Å². The van der Waals surface area contributed by atoms with Crippen molar-refractivity contribution < 1.29 is 4.74 Å². The predicted molar refractivity (Wildman–Crippen MR) is 90.6 cm³/mol. The Morgan fingerprint density at radius 2 is 1.86 bits per heavy atom. The molecule has 0 radical (unpaired) electrons. The molecule has 0 aliphatic rings. The van der Waals surface area contributed by atoms with Crippen molar-refractivity contribution in [2.75, 3.05) is 11.9 Å². The van der Waals surface area contributed by atoms with Gasteiger partial charge in [0, 0.05) is 18.3 Å². The summed E-state index contributed by atoms with van der Waals surface area (Å²) < 4.78 is 5.72. The van der Waals surface area contributed by atoms with E-state index in [1.165, 1.54) is 0 Å². The second kappa shape index (κ2) is 7.58. The number of hydrogen-bond donors (Lipinski definition) is 1.